The van der Waals surface area contributed by atoms with E-state index in [9.17, 15) is 4.79 Å². The van der Waals surface area contributed by atoms with Crippen LogP contribution in [0.25, 0.3) is 0 Å². The Balaban J connectivity index is 3.50. The summed E-state index contributed by atoms with van der Waals surface area (Å²) in [7, 11) is 0. The molecule has 1 N–H and O–H groups in total. The summed E-state index contributed by atoms with van der Waals surface area (Å²) in [4.78, 5) is 10.2. The number of hydroxylamine groups is 2. The highest BCUT2D eigenvalue weighted by Crippen LogP contribution is 1.84. The molecule has 0 bridgehead atoms. The van der Waals surface area contributed by atoms with E-state index in [4.69, 9.17) is 16.8 Å². The molecule has 0 aliphatic rings. The highest BCUT2D eigenvalue weighted by atomic mass is 35.5. The van der Waals surface area contributed by atoms with E-state index in [-0.39, 0.29) is 6.54 Å². The van der Waals surface area contributed by atoms with Gasteiger partial charge in [-0.15, -0.1) is 0 Å². The Morgan fingerprint density at radius 3 is 2.78 bits per heavy atom. The summed E-state index contributed by atoms with van der Waals surface area (Å²) in [6.45, 7) is 1.40. The number of amides is 1. The number of hydrogen-bond acceptors (Lipinski definition) is 2. The van der Waals surface area contributed by atoms with Gasteiger partial charge < -0.3 is 0 Å². The van der Waals surface area contributed by atoms with Gasteiger partial charge in [0.25, 0.3) is 0 Å². The second-order valence-electron chi connectivity index (χ2n) is 1.46. The van der Waals surface area contributed by atoms with Crippen LogP contribution >= 0.6 is 11.6 Å². The van der Waals surface area contributed by atoms with Crippen molar-refractivity contribution in [1.82, 2.24) is 5.06 Å². The minimum atomic E-state index is -0.398. The van der Waals surface area contributed by atoms with Crippen LogP contribution in [0.3, 0.4) is 0 Å². The third kappa shape index (κ3) is 4.00. The molecule has 0 saturated carbocycles. The Kier molecular flexibility index (Phi) is 4.09. The molecule has 0 aromatic carbocycles. The lowest BCUT2D eigenvalue weighted by atomic mass is 10.6. The molecular weight excluding hydrogens is 142 g/mol. The normalized spacial score (nSPS) is 10.1. The van der Waals surface area contributed by atoms with Gasteiger partial charge >= 0.3 is 0 Å². The fourth-order valence-electron chi connectivity index (χ4n) is 0.268. The smallest absolute Gasteiger partial charge is 0.243 e. The van der Waals surface area contributed by atoms with E-state index in [1.54, 1.807) is 0 Å². The molecule has 3 nitrogen and oxygen atoms in total. The number of hydrogen-bond donors (Lipinski definition) is 1. The molecule has 0 aromatic heterocycles. The maximum Gasteiger partial charge on any atom is 0.243 e. The van der Waals surface area contributed by atoms with Gasteiger partial charge in [-0.1, -0.05) is 17.7 Å². The quantitative estimate of drug-likeness (QED) is 0.470. The standard InChI is InChI=1S/C5H8ClNO2/c1-5(8)7(9)4-2-3-6/h2-3,9H,4H2,1H3. The second kappa shape index (κ2) is 4.35. The van der Waals surface area contributed by atoms with Gasteiger partial charge in [-0.3, -0.25) is 10.0 Å². The van der Waals surface area contributed by atoms with E-state index < -0.39 is 5.91 Å². The molecular formula is C5H8ClNO2. The highest BCUT2D eigenvalue weighted by Gasteiger charge is 1.98. The van der Waals surface area contributed by atoms with Crippen LogP contribution in [0, 0.1) is 0 Å². The van der Waals surface area contributed by atoms with Crippen LogP contribution < -0.4 is 0 Å². The summed E-state index contributed by atoms with van der Waals surface area (Å²) in [5.41, 5.74) is 1.24. The van der Waals surface area contributed by atoms with Crippen LogP contribution in [0.15, 0.2) is 11.6 Å². The number of rotatable bonds is 2. The van der Waals surface area contributed by atoms with Crippen LogP contribution in [-0.2, 0) is 4.79 Å². The topological polar surface area (TPSA) is 40.5 Å². The molecule has 1 amide bonds. The number of carbonyl (C=O) groups is 1. The molecule has 0 heterocycles. The molecule has 0 saturated heterocycles. The van der Waals surface area contributed by atoms with Crippen LogP contribution in [0.2, 0.25) is 0 Å². The average molecular weight is 150 g/mol. The summed E-state index contributed by atoms with van der Waals surface area (Å²) in [5, 5.41) is 9.20. The lowest BCUT2D eigenvalue weighted by Gasteiger charge is -2.07. The second-order valence-corrected chi connectivity index (χ2v) is 1.71. The maximum atomic E-state index is 10.2. The van der Waals surface area contributed by atoms with E-state index >= 15 is 0 Å². The predicted octanol–water partition coefficient (Wildman–Crippen LogP) is 0.977. The monoisotopic (exact) mass is 149 g/mol. The van der Waals surface area contributed by atoms with Gasteiger partial charge in [0, 0.05) is 12.5 Å². The van der Waals surface area contributed by atoms with Crippen molar-refractivity contribution in [2.24, 2.45) is 0 Å². The first kappa shape index (κ1) is 8.46. The molecule has 0 fully saturated rings. The van der Waals surface area contributed by atoms with Crippen LogP contribution in [-0.4, -0.2) is 22.7 Å². The van der Waals surface area contributed by atoms with Gasteiger partial charge in [0.1, 0.15) is 0 Å². The number of nitrogens with zero attached hydrogens (tertiary/aromatic N) is 1. The highest BCUT2D eigenvalue weighted by molar-refractivity contribution is 6.25. The zero-order valence-corrected chi connectivity index (χ0v) is 5.80. The fourth-order valence-corrected chi connectivity index (χ4v) is 0.348. The molecule has 9 heavy (non-hydrogen) atoms. The van der Waals surface area contributed by atoms with Crippen molar-refractivity contribution >= 4 is 17.5 Å². The van der Waals surface area contributed by atoms with E-state index in [1.165, 1.54) is 18.5 Å². The summed E-state index contributed by atoms with van der Waals surface area (Å²) in [6, 6.07) is 0. The third-order valence-electron chi connectivity index (χ3n) is 0.731. The lowest BCUT2D eigenvalue weighted by Crippen LogP contribution is -2.24. The molecule has 0 atom stereocenters. The largest absolute Gasteiger partial charge is 0.286 e. The van der Waals surface area contributed by atoms with Gasteiger partial charge in [-0.2, -0.15) is 0 Å². The summed E-state index contributed by atoms with van der Waals surface area (Å²) in [6.07, 6.45) is 1.46. The van der Waals surface area contributed by atoms with Gasteiger partial charge in [-0.05, 0) is 0 Å². The summed E-state index contributed by atoms with van der Waals surface area (Å²) < 4.78 is 0. The number of halogens is 1. The first-order chi connectivity index (χ1) is 4.18. The predicted molar refractivity (Wildman–Crippen MR) is 34.2 cm³/mol. The van der Waals surface area contributed by atoms with Crippen molar-refractivity contribution in [3.63, 3.8) is 0 Å². The molecule has 0 spiro atoms. The maximum absolute atomic E-state index is 10.2. The minimum Gasteiger partial charge on any atom is -0.286 e. The first-order valence-corrected chi connectivity index (χ1v) is 2.84. The van der Waals surface area contributed by atoms with Gasteiger partial charge in [0.05, 0.1) is 6.54 Å². The molecule has 4 heteroatoms. The minimum absolute atomic E-state index is 0.138. The van der Waals surface area contributed by atoms with Gasteiger partial charge in [-0.25, -0.2) is 5.06 Å². The average Bonchev–Trinajstić information content (AvgIpc) is 1.82. The van der Waals surface area contributed by atoms with E-state index in [2.05, 4.69) is 0 Å². The van der Waals surface area contributed by atoms with Crippen LogP contribution in [0.4, 0.5) is 0 Å². The Morgan fingerprint density at radius 2 is 2.44 bits per heavy atom. The van der Waals surface area contributed by atoms with E-state index in [1.807, 2.05) is 0 Å². The Labute approximate surface area is 58.5 Å². The zero-order chi connectivity index (χ0) is 7.28. The third-order valence-corrected chi connectivity index (χ3v) is 0.909. The van der Waals surface area contributed by atoms with Crippen molar-refractivity contribution in [2.75, 3.05) is 6.54 Å². The van der Waals surface area contributed by atoms with E-state index in [0.717, 1.165) is 0 Å². The van der Waals surface area contributed by atoms with Gasteiger partial charge in [0.2, 0.25) is 5.91 Å². The molecule has 0 aliphatic heterocycles. The van der Waals surface area contributed by atoms with Crippen molar-refractivity contribution in [2.45, 2.75) is 6.92 Å². The molecule has 0 aliphatic carbocycles. The van der Waals surface area contributed by atoms with Crippen molar-refractivity contribution in [3.05, 3.63) is 11.6 Å². The summed E-state index contributed by atoms with van der Waals surface area (Å²) in [5.74, 6) is -0.398. The molecule has 0 aromatic rings. The SMILES string of the molecule is CC(=O)N(O)CC=CCl. The lowest BCUT2D eigenvalue weighted by molar-refractivity contribution is -0.160. The number of carbonyl (C=O) groups excluding carboxylic acids is 1. The Hall–Kier alpha value is -0.540. The zero-order valence-electron chi connectivity index (χ0n) is 5.04. The van der Waals surface area contributed by atoms with Crippen molar-refractivity contribution < 1.29 is 10.0 Å². The molecule has 52 valence electrons. The molecule has 0 radical (unpaired) electrons. The summed E-state index contributed by atoms with van der Waals surface area (Å²) >= 11 is 5.12. The molecule has 0 rings (SSSR count). The Morgan fingerprint density at radius 1 is 1.89 bits per heavy atom. The first-order valence-electron chi connectivity index (χ1n) is 2.40. The van der Waals surface area contributed by atoms with E-state index in [0.29, 0.717) is 5.06 Å². The fraction of sp³-hybridized carbons (Fsp3) is 0.400. The van der Waals surface area contributed by atoms with Crippen molar-refractivity contribution in [3.8, 4) is 0 Å². The Bertz CT molecular complexity index is 124. The van der Waals surface area contributed by atoms with Crippen LogP contribution in [0.5, 0.6) is 0 Å². The van der Waals surface area contributed by atoms with Crippen molar-refractivity contribution in [1.29, 1.82) is 0 Å². The van der Waals surface area contributed by atoms with Gasteiger partial charge in [0.15, 0.2) is 0 Å². The van der Waals surface area contributed by atoms with Crippen LogP contribution in [0.1, 0.15) is 6.92 Å². The molecule has 0 unspecified atom stereocenters.